The second-order valence-corrected chi connectivity index (χ2v) is 6.75. The van der Waals surface area contributed by atoms with Crippen LogP contribution in [0, 0.1) is 11.3 Å². The van der Waals surface area contributed by atoms with E-state index >= 15 is 0 Å². The van der Waals surface area contributed by atoms with Crippen molar-refractivity contribution in [2.24, 2.45) is 11.3 Å². The van der Waals surface area contributed by atoms with Crippen molar-refractivity contribution in [2.75, 3.05) is 0 Å². The van der Waals surface area contributed by atoms with E-state index in [1.54, 1.807) is 0 Å². The summed E-state index contributed by atoms with van der Waals surface area (Å²) in [5.74, 6) is 0.494. The Morgan fingerprint density at radius 3 is 2.50 bits per heavy atom. The number of fused-ring (bicyclic) bond motifs is 3. The molecule has 0 radical (unpaired) electrons. The fourth-order valence-corrected chi connectivity index (χ4v) is 3.64. The van der Waals surface area contributed by atoms with Gasteiger partial charge in [-0.2, -0.15) is 0 Å². The van der Waals surface area contributed by atoms with E-state index in [0.29, 0.717) is 5.92 Å². The van der Waals surface area contributed by atoms with Crippen molar-refractivity contribution in [1.82, 2.24) is 0 Å². The van der Waals surface area contributed by atoms with Crippen LogP contribution in [0.5, 0.6) is 0 Å². The summed E-state index contributed by atoms with van der Waals surface area (Å²) in [6.07, 6.45) is 1.10. The van der Waals surface area contributed by atoms with Crippen LogP contribution in [0.25, 0.3) is 10.8 Å². The van der Waals surface area contributed by atoms with Gasteiger partial charge < -0.3 is 0 Å². The normalized spacial score (nSPS) is 19.3. The second kappa shape index (κ2) is 3.89. The van der Waals surface area contributed by atoms with E-state index in [4.69, 9.17) is 12.2 Å². The molecule has 1 unspecified atom stereocenters. The van der Waals surface area contributed by atoms with E-state index in [-0.39, 0.29) is 5.41 Å². The molecule has 0 fully saturated rings. The maximum Gasteiger partial charge on any atom is 0.0273 e. The molecule has 92 valence electrons. The summed E-state index contributed by atoms with van der Waals surface area (Å²) >= 11 is 5.77. The number of rotatable bonds is 0. The first-order chi connectivity index (χ1) is 8.48. The molecular weight excluding hydrogens is 236 g/mol. The molecule has 3 rings (SSSR count). The van der Waals surface area contributed by atoms with Crippen LogP contribution >= 0.6 is 12.2 Å². The molecule has 0 aromatic heterocycles. The molecule has 0 aliphatic heterocycles. The smallest absolute Gasteiger partial charge is 0.0273 e. The van der Waals surface area contributed by atoms with Gasteiger partial charge in [0.25, 0.3) is 0 Å². The Hall–Kier alpha value is -1.21. The van der Waals surface area contributed by atoms with Crippen molar-refractivity contribution in [3.05, 3.63) is 47.5 Å². The largest absolute Gasteiger partial charge is 0.0839 e. The van der Waals surface area contributed by atoms with Crippen molar-refractivity contribution in [2.45, 2.75) is 27.2 Å². The molecule has 1 aliphatic rings. The van der Waals surface area contributed by atoms with E-state index in [1.807, 2.05) is 0 Å². The van der Waals surface area contributed by atoms with Crippen molar-refractivity contribution in [3.8, 4) is 0 Å². The zero-order valence-electron chi connectivity index (χ0n) is 11.2. The van der Waals surface area contributed by atoms with Crippen LogP contribution in [0.15, 0.2) is 36.4 Å². The van der Waals surface area contributed by atoms with Crippen LogP contribution in [-0.2, 0) is 6.42 Å². The third-order valence-electron chi connectivity index (χ3n) is 4.05. The second-order valence-electron chi connectivity index (χ2n) is 6.31. The monoisotopic (exact) mass is 254 g/mol. The molecule has 0 saturated heterocycles. The highest BCUT2D eigenvalue weighted by Crippen LogP contribution is 2.41. The molecule has 0 saturated carbocycles. The fourth-order valence-electron chi connectivity index (χ4n) is 2.96. The molecule has 2 aromatic rings. The average molecular weight is 254 g/mol. The van der Waals surface area contributed by atoms with E-state index in [1.165, 1.54) is 21.9 Å². The molecule has 0 amide bonds. The van der Waals surface area contributed by atoms with E-state index < -0.39 is 0 Å². The first kappa shape index (κ1) is 11.9. The van der Waals surface area contributed by atoms with Crippen LogP contribution in [-0.4, -0.2) is 4.86 Å². The Kier molecular flexibility index (Phi) is 2.56. The number of hydrogen-bond acceptors (Lipinski definition) is 1. The van der Waals surface area contributed by atoms with Crippen LogP contribution in [0.4, 0.5) is 0 Å². The van der Waals surface area contributed by atoms with Gasteiger partial charge in [-0.1, -0.05) is 69.4 Å². The minimum Gasteiger partial charge on any atom is -0.0839 e. The lowest BCUT2D eigenvalue weighted by Crippen LogP contribution is -2.25. The number of benzene rings is 2. The first-order valence-corrected chi connectivity index (χ1v) is 6.94. The Morgan fingerprint density at radius 2 is 1.78 bits per heavy atom. The molecular formula is C17H18S. The van der Waals surface area contributed by atoms with E-state index in [0.717, 1.165) is 11.3 Å². The van der Waals surface area contributed by atoms with Crippen molar-refractivity contribution >= 4 is 27.9 Å². The third-order valence-corrected chi connectivity index (χ3v) is 4.54. The van der Waals surface area contributed by atoms with Crippen molar-refractivity contribution in [3.63, 3.8) is 0 Å². The minimum absolute atomic E-state index is 0.247. The minimum atomic E-state index is 0.247. The highest BCUT2D eigenvalue weighted by atomic mass is 32.1. The zero-order valence-corrected chi connectivity index (χ0v) is 12.0. The Balaban J connectivity index is 2.22. The zero-order chi connectivity index (χ0) is 12.9. The van der Waals surface area contributed by atoms with Gasteiger partial charge in [-0.3, -0.25) is 0 Å². The van der Waals surface area contributed by atoms with Gasteiger partial charge in [-0.05, 0) is 33.7 Å². The maximum absolute atomic E-state index is 5.77. The summed E-state index contributed by atoms with van der Waals surface area (Å²) in [5.41, 5.74) is 3.01. The highest BCUT2D eigenvalue weighted by molar-refractivity contribution is 7.81. The lowest BCUT2D eigenvalue weighted by Gasteiger charge is -2.26. The van der Waals surface area contributed by atoms with Gasteiger partial charge in [0.1, 0.15) is 0 Å². The van der Waals surface area contributed by atoms with Gasteiger partial charge in [0.15, 0.2) is 0 Å². The van der Waals surface area contributed by atoms with E-state index in [9.17, 15) is 0 Å². The summed E-state index contributed by atoms with van der Waals surface area (Å²) in [6.45, 7) is 6.87. The molecule has 1 heteroatoms. The molecule has 1 aliphatic carbocycles. The maximum atomic E-state index is 5.77. The van der Waals surface area contributed by atoms with Crippen molar-refractivity contribution < 1.29 is 0 Å². The summed E-state index contributed by atoms with van der Waals surface area (Å²) in [7, 11) is 0. The predicted octanol–water partition coefficient (Wildman–Crippen LogP) is 4.78. The van der Waals surface area contributed by atoms with Gasteiger partial charge in [0, 0.05) is 10.8 Å². The summed E-state index contributed by atoms with van der Waals surface area (Å²) in [4.78, 5) is 1.16. The molecule has 0 bridgehead atoms. The average Bonchev–Trinajstić information content (AvgIpc) is 2.67. The van der Waals surface area contributed by atoms with E-state index in [2.05, 4.69) is 57.2 Å². The van der Waals surface area contributed by atoms with Crippen molar-refractivity contribution in [1.29, 1.82) is 0 Å². The first-order valence-electron chi connectivity index (χ1n) is 6.53. The summed E-state index contributed by atoms with van der Waals surface area (Å²) < 4.78 is 0. The lowest BCUT2D eigenvalue weighted by molar-refractivity contribution is 0.320. The lowest BCUT2D eigenvalue weighted by atomic mass is 9.79. The third kappa shape index (κ3) is 1.69. The quantitative estimate of drug-likeness (QED) is 0.610. The van der Waals surface area contributed by atoms with Crippen LogP contribution in [0.1, 0.15) is 31.9 Å². The molecule has 0 heterocycles. The molecule has 2 aromatic carbocycles. The number of hydrogen-bond donors (Lipinski definition) is 0. The Morgan fingerprint density at radius 1 is 1.06 bits per heavy atom. The summed E-state index contributed by atoms with van der Waals surface area (Å²) in [6, 6.07) is 13.1. The molecule has 0 nitrogen and oxygen atoms in total. The van der Waals surface area contributed by atoms with Gasteiger partial charge in [0.05, 0.1) is 0 Å². The molecule has 18 heavy (non-hydrogen) atoms. The van der Waals surface area contributed by atoms with Gasteiger partial charge in [0.2, 0.25) is 0 Å². The van der Waals surface area contributed by atoms with Crippen LogP contribution in [0.3, 0.4) is 0 Å². The fraction of sp³-hybridized carbons (Fsp3) is 0.353. The molecule has 0 N–H and O–H groups in total. The van der Waals surface area contributed by atoms with Gasteiger partial charge in [-0.15, -0.1) is 0 Å². The standard InChI is InChI=1S/C17H18S/c1-17(2,3)14-10-12-9-8-11-6-4-5-7-13(11)15(12)16(14)18/h4-9,14H,10H2,1-3H3. The Bertz CT molecular complexity index is 632. The molecule has 1 atom stereocenters. The van der Waals surface area contributed by atoms with Crippen LogP contribution < -0.4 is 0 Å². The van der Waals surface area contributed by atoms with Crippen LogP contribution in [0.2, 0.25) is 0 Å². The van der Waals surface area contributed by atoms with Gasteiger partial charge in [-0.25, -0.2) is 0 Å². The predicted molar refractivity (Wildman–Crippen MR) is 82.3 cm³/mol. The number of thiocarbonyl (C=S) groups is 1. The highest BCUT2D eigenvalue weighted by Gasteiger charge is 2.36. The van der Waals surface area contributed by atoms with Gasteiger partial charge >= 0.3 is 0 Å². The summed E-state index contributed by atoms with van der Waals surface area (Å²) in [5, 5.41) is 2.62. The topological polar surface area (TPSA) is 0 Å². The molecule has 0 spiro atoms. The Labute approximate surface area is 114 Å². The SMILES string of the molecule is CC(C)(C)C1Cc2ccc3ccccc3c2C1=S.